The number of fused-ring (bicyclic) bond motifs is 1. The summed E-state index contributed by atoms with van der Waals surface area (Å²) in [6.45, 7) is 5.06. The molecule has 10 heteroatoms. The molecule has 0 atom stereocenters. The molecular formula is C22H26N2O7S. The number of ether oxygens (including phenoxy) is 2. The third-order valence-corrected chi connectivity index (χ3v) is 6.51. The molecule has 0 aliphatic carbocycles. The Balaban J connectivity index is 1.72. The zero-order valence-corrected chi connectivity index (χ0v) is 19.3. The number of esters is 2. The van der Waals surface area contributed by atoms with Crippen LogP contribution in [0.3, 0.4) is 0 Å². The van der Waals surface area contributed by atoms with Crippen molar-refractivity contribution in [1.29, 1.82) is 0 Å². The van der Waals surface area contributed by atoms with E-state index in [4.69, 9.17) is 9.47 Å². The van der Waals surface area contributed by atoms with Gasteiger partial charge in [-0.3, -0.25) is 9.10 Å². The maximum absolute atomic E-state index is 12.6. The predicted octanol–water partition coefficient (Wildman–Crippen LogP) is 2.56. The van der Waals surface area contributed by atoms with Gasteiger partial charge in [0.15, 0.2) is 12.4 Å². The number of nitrogens with one attached hydrogen (secondary N) is 1. The first-order valence-corrected chi connectivity index (χ1v) is 12.1. The molecule has 1 aromatic carbocycles. The molecule has 0 radical (unpaired) electrons. The van der Waals surface area contributed by atoms with Crippen LogP contribution in [-0.2, 0) is 25.9 Å². The van der Waals surface area contributed by atoms with Gasteiger partial charge in [0.1, 0.15) is 5.69 Å². The average Bonchev–Trinajstić information content (AvgIpc) is 3.04. The topological polar surface area (TPSA) is 123 Å². The number of hydrogen-bond acceptors (Lipinski definition) is 7. The van der Waals surface area contributed by atoms with Gasteiger partial charge in [-0.1, -0.05) is 0 Å². The Bertz CT molecular complexity index is 1180. The number of aryl methyl sites for hydroxylation is 2. The molecule has 2 aromatic rings. The van der Waals surface area contributed by atoms with Crippen molar-refractivity contribution in [2.24, 2.45) is 0 Å². The molecule has 1 N–H and O–H groups in total. The second-order valence-corrected chi connectivity index (χ2v) is 9.53. The van der Waals surface area contributed by atoms with Gasteiger partial charge in [-0.25, -0.2) is 18.0 Å². The van der Waals surface area contributed by atoms with Crippen LogP contribution in [-0.4, -0.2) is 57.1 Å². The van der Waals surface area contributed by atoms with Crippen LogP contribution in [0.5, 0.6) is 0 Å². The summed E-state index contributed by atoms with van der Waals surface area (Å²) in [5.41, 5.74) is 2.89. The molecule has 1 aliphatic rings. The second kappa shape index (κ2) is 9.15. The van der Waals surface area contributed by atoms with Gasteiger partial charge in [0.05, 0.1) is 24.1 Å². The first-order valence-electron chi connectivity index (χ1n) is 10.2. The molecule has 0 saturated heterocycles. The fraction of sp³-hybridized carbons (Fsp3) is 0.409. The molecule has 0 spiro atoms. The maximum atomic E-state index is 12.6. The summed E-state index contributed by atoms with van der Waals surface area (Å²) in [6, 6.07) is 4.78. The third-order valence-electron chi connectivity index (χ3n) is 5.33. The predicted molar refractivity (Wildman–Crippen MR) is 118 cm³/mol. The Labute approximate surface area is 186 Å². The minimum atomic E-state index is -3.40. The Morgan fingerprint density at radius 3 is 2.50 bits per heavy atom. The van der Waals surface area contributed by atoms with E-state index >= 15 is 0 Å². The SMILES string of the molecule is CCOC(=O)c1c(C)[nH]c(C(=O)OCC(=O)c2ccc3c(c2)CCCN3S(C)(=O)=O)c1C. The lowest BCUT2D eigenvalue weighted by Crippen LogP contribution is -2.34. The van der Waals surface area contributed by atoms with Gasteiger partial charge in [-0.2, -0.15) is 0 Å². The number of Topliss-reactive ketones (excluding diaryl/α,β-unsaturated/α-hetero) is 1. The van der Waals surface area contributed by atoms with E-state index in [1.807, 2.05) is 0 Å². The largest absolute Gasteiger partial charge is 0.462 e. The van der Waals surface area contributed by atoms with E-state index in [-0.39, 0.29) is 17.9 Å². The second-order valence-electron chi connectivity index (χ2n) is 7.63. The summed E-state index contributed by atoms with van der Waals surface area (Å²) in [5.74, 6) is -1.70. The van der Waals surface area contributed by atoms with Crippen molar-refractivity contribution < 1.29 is 32.3 Å². The van der Waals surface area contributed by atoms with Crippen LogP contribution in [0.1, 0.15) is 61.4 Å². The number of anilines is 1. The zero-order chi connectivity index (χ0) is 23.6. The lowest BCUT2D eigenvalue weighted by Gasteiger charge is -2.29. The molecule has 172 valence electrons. The number of rotatable bonds is 7. The number of aromatic nitrogens is 1. The monoisotopic (exact) mass is 462 g/mol. The molecule has 1 aromatic heterocycles. The molecular weight excluding hydrogens is 436 g/mol. The van der Waals surface area contributed by atoms with Gasteiger partial charge in [-0.05, 0) is 62.9 Å². The van der Waals surface area contributed by atoms with E-state index in [2.05, 4.69) is 4.98 Å². The van der Waals surface area contributed by atoms with Crippen LogP contribution < -0.4 is 4.31 Å². The lowest BCUT2D eigenvalue weighted by atomic mass is 9.99. The summed E-state index contributed by atoms with van der Waals surface area (Å²) in [6.07, 6.45) is 2.46. The van der Waals surface area contributed by atoms with Crippen molar-refractivity contribution in [2.75, 3.05) is 30.3 Å². The summed E-state index contributed by atoms with van der Waals surface area (Å²) in [7, 11) is -3.40. The van der Waals surface area contributed by atoms with E-state index in [0.717, 1.165) is 11.8 Å². The molecule has 9 nitrogen and oxygen atoms in total. The van der Waals surface area contributed by atoms with Crippen molar-refractivity contribution >= 4 is 33.4 Å². The molecule has 0 unspecified atom stereocenters. The molecule has 0 bridgehead atoms. The zero-order valence-electron chi connectivity index (χ0n) is 18.5. The molecule has 32 heavy (non-hydrogen) atoms. The summed E-state index contributed by atoms with van der Waals surface area (Å²) < 4.78 is 35.5. The van der Waals surface area contributed by atoms with E-state index in [1.54, 1.807) is 32.9 Å². The van der Waals surface area contributed by atoms with E-state index < -0.39 is 34.4 Å². The number of ketones is 1. The van der Waals surface area contributed by atoms with Gasteiger partial charge in [0, 0.05) is 17.8 Å². The molecule has 0 saturated carbocycles. The first-order chi connectivity index (χ1) is 15.0. The minimum absolute atomic E-state index is 0.0904. The smallest absolute Gasteiger partial charge is 0.355 e. The number of carbonyl (C=O) groups excluding carboxylic acids is 3. The summed E-state index contributed by atoms with van der Waals surface area (Å²) in [4.78, 5) is 40.0. The molecule has 2 heterocycles. The number of H-pyrrole nitrogens is 1. The molecule has 1 aliphatic heterocycles. The number of nitrogens with zero attached hydrogens (tertiary/aromatic N) is 1. The Morgan fingerprint density at radius 2 is 1.84 bits per heavy atom. The standard InChI is InChI=1S/C22H26N2O7S/c1-5-30-21(26)19-13(2)20(23-14(19)3)22(27)31-12-18(25)16-8-9-17-15(11-16)7-6-10-24(17)32(4,28)29/h8-9,11,23H,5-7,10,12H2,1-4H3. The van der Waals surface area contributed by atoms with Crippen molar-refractivity contribution in [3.63, 3.8) is 0 Å². The van der Waals surface area contributed by atoms with Crippen LogP contribution >= 0.6 is 0 Å². The van der Waals surface area contributed by atoms with Crippen LogP contribution in [0.15, 0.2) is 18.2 Å². The van der Waals surface area contributed by atoms with E-state index in [0.29, 0.717) is 41.9 Å². The van der Waals surface area contributed by atoms with Crippen molar-refractivity contribution in [2.45, 2.75) is 33.6 Å². The Morgan fingerprint density at radius 1 is 1.12 bits per heavy atom. The van der Waals surface area contributed by atoms with Crippen molar-refractivity contribution in [1.82, 2.24) is 4.98 Å². The van der Waals surface area contributed by atoms with Gasteiger partial charge >= 0.3 is 11.9 Å². The van der Waals surface area contributed by atoms with Crippen LogP contribution in [0.2, 0.25) is 0 Å². The molecule has 0 amide bonds. The number of carbonyl (C=O) groups is 3. The average molecular weight is 463 g/mol. The fourth-order valence-corrected chi connectivity index (χ4v) is 4.83. The lowest BCUT2D eigenvalue weighted by molar-refractivity contribution is 0.0468. The summed E-state index contributed by atoms with van der Waals surface area (Å²) in [5, 5.41) is 0. The van der Waals surface area contributed by atoms with Crippen LogP contribution in [0.25, 0.3) is 0 Å². The maximum Gasteiger partial charge on any atom is 0.355 e. The quantitative estimate of drug-likeness (QED) is 0.495. The van der Waals surface area contributed by atoms with Crippen molar-refractivity contribution in [3.8, 4) is 0 Å². The van der Waals surface area contributed by atoms with Crippen LogP contribution in [0.4, 0.5) is 5.69 Å². The van der Waals surface area contributed by atoms with Gasteiger partial charge in [0.25, 0.3) is 0 Å². The highest BCUT2D eigenvalue weighted by Gasteiger charge is 2.26. The Kier molecular flexibility index (Phi) is 6.73. The third kappa shape index (κ3) is 4.69. The normalized spacial score (nSPS) is 13.4. The Hall–Kier alpha value is -3.14. The van der Waals surface area contributed by atoms with Crippen LogP contribution in [0, 0.1) is 13.8 Å². The highest BCUT2D eigenvalue weighted by molar-refractivity contribution is 7.92. The van der Waals surface area contributed by atoms with Crippen molar-refractivity contribution in [3.05, 3.63) is 51.8 Å². The van der Waals surface area contributed by atoms with Gasteiger partial charge in [0.2, 0.25) is 10.0 Å². The number of benzene rings is 1. The highest BCUT2D eigenvalue weighted by atomic mass is 32.2. The van der Waals surface area contributed by atoms with E-state index in [9.17, 15) is 22.8 Å². The summed E-state index contributed by atoms with van der Waals surface area (Å²) >= 11 is 0. The number of hydrogen-bond donors (Lipinski definition) is 1. The first kappa shape index (κ1) is 23.5. The fourth-order valence-electron chi connectivity index (χ4n) is 3.83. The van der Waals surface area contributed by atoms with Gasteiger partial charge in [-0.15, -0.1) is 0 Å². The number of aromatic amines is 1. The van der Waals surface area contributed by atoms with E-state index in [1.165, 1.54) is 10.4 Å². The molecule has 3 rings (SSSR count). The minimum Gasteiger partial charge on any atom is -0.462 e. The number of sulfonamides is 1. The van der Waals surface area contributed by atoms with Gasteiger partial charge < -0.3 is 14.5 Å². The molecule has 0 fully saturated rings. The highest BCUT2D eigenvalue weighted by Crippen LogP contribution is 2.30.